The zero-order valence-electron chi connectivity index (χ0n) is 15.9. The van der Waals surface area contributed by atoms with Gasteiger partial charge in [0.2, 0.25) is 0 Å². The number of anilines is 1. The van der Waals surface area contributed by atoms with Gasteiger partial charge in [0.1, 0.15) is 5.75 Å². The van der Waals surface area contributed by atoms with Crippen LogP contribution in [0.1, 0.15) is 57.8 Å². The lowest BCUT2D eigenvalue weighted by atomic mass is 10.1. The zero-order valence-corrected chi connectivity index (χ0v) is 15.9. The Labute approximate surface area is 156 Å². The second-order valence-corrected chi connectivity index (χ2v) is 6.78. The van der Waals surface area contributed by atoms with Crippen molar-refractivity contribution in [1.29, 1.82) is 5.41 Å². The van der Waals surface area contributed by atoms with Gasteiger partial charge in [-0.2, -0.15) is 0 Å². The minimum atomic E-state index is 0.316. The van der Waals surface area contributed by atoms with E-state index >= 15 is 0 Å². The summed E-state index contributed by atoms with van der Waals surface area (Å²) in [6.45, 7) is 0.956. The number of rotatable bonds is 13. The van der Waals surface area contributed by atoms with Crippen LogP contribution >= 0.6 is 0 Å². The van der Waals surface area contributed by atoms with Gasteiger partial charge in [0.25, 0.3) is 0 Å². The molecule has 0 saturated heterocycles. The number of pyridine rings is 1. The van der Waals surface area contributed by atoms with Crippen LogP contribution in [0.4, 0.5) is 5.69 Å². The molecule has 1 heterocycles. The molecule has 0 aliphatic carbocycles. The molecule has 0 aliphatic rings. The van der Waals surface area contributed by atoms with Crippen LogP contribution in [-0.4, -0.2) is 24.5 Å². The van der Waals surface area contributed by atoms with Crippen LogP contribution in [0.2, 0.25) is 0 Å². The summed E-state index contributed by atoms with van der Waals surface area (Å²) in [5.74, 6) is 1.18. The Kier molecular flexibility index (Phi) is 8.73. The zero-order chi connectivity index (χ0) is 18.6. The molecule has 0 unspecified atom stereocenters. The van der Waals surface area contributed by atoms with Crippen LogP contribution in [0.15, 0.2) is 30.5 Å². The second kappa shape index (κ2) is 11.3. The third kappa shape index (κ3) is 6.90. The van der Waals surface area contributed by atoms with Crippen molar-refractivity contribution in [3.63, 3.8) is 0 Å². The number of aromatic nitrogens is 1. The van der Waals surface area contributed by atoms with Crippen LogP contribution in [0.5, 0.6) is 5.75 Å². The Morgan fingerprint density at radius 1 is 1.08 bits per heavy atom. The highest BCUT2D eigenvalue weighted by atomic mass is 16.5. The molecular weight excluding hydrogens is 324 g/mol. The Morgan fingerprint density at radius 3 is 2.46 bits per heavy atom. The quantitative estimate of drug-likeness (QED) is 0.265. The molecule has 0 bridgehead atoms. The van der Waals surface area contributed by atoms with E-state index in [9.17, 15) is 0 Å². The normalized spacial score (nSPS) is 10.8. The Bertz CT molecular complexity index is 687. The summed E-state index contributed by atoms with van der Waals surface area (Å²) in [6.07, 6.45) is 12.4. The summed E-state index contributed by atoms with van der Waals surface area (Å²) in [6, 6.07) is 8.05. The summed E-state index contributed by atoms with van der Waals surface area (Å²) in [5, 5.41) is 11.8. The lowest BCUT2D eigenvalue weighted by molar-refractivity contribution is 0.415. The van der Waals surface area contributed by atoms with Crippen LogP contribution in [0.3, 0.4) is 0 Å². The molecule has 5 heteroatoms. The maximum atomic E-state index is 7.20. The van der Waals surface area contributed by atoms with E-state index in [-0.39, 0.29) is 0 Å². The average molecular weight is 357 g/mol. The van der Waals surface area contributed by atoms with Crippen LogP contribution in [-0.2, 0) is 0 Å². The molecule has 5 nitrogen and oxygen atoms in total. The third-order valence-corrected chi connectivity index (χ3v) is 4.60. The molecule has 0 radical (unpaired) electrons. The molecule has 0 fully saturated rings. The first-order valence-electron chi connectivity index (χ1n) is 9.70. The fraction of sp³-hybridized carbons (Fsp3) is 0.524. The minimum Gasteiger partial charge on any atom is -0.497 e. The van der Waals surface area contributed by atoms with E-state index < -0.39 is 0 Å². The first-order chi connectivity index (χ1) is 12.7. The molecule has 1 aromatic heterocycles. The number of ether oxygens (including phenoxy) is 1. The first-order valence-corrected chi connectivity index (χ1v) is 9.70. The standard InChI is InChI=1S/C21H32N4O/c1-26-18-15-17-11-10-14-25-21(17)19(16-18)24-13-9-7-5-3-2-4-6-8-12-20(22)23/h10-11,14-16,24H,2-9,12-13H2,1H3,(H3,22,23). The maximum absolute atomic E-state index is 7.20. The number of hydrogen-bond acceptors (Lipinski definition) is 4. The number of amidine groups is 1. The summed E-state index contributed by atoms with van der Waals surface area (Å²) < 4.78 is 5.39. The van der Waals surface area contributed by atoms with Crippen LogP contribution in [0, 0.1) is 5.41 Å². The topological polar surface area (TPSA) is 84.0 Å². The van der Waals surface area contributed by atoms with Gasteiger partial charge in [-0.15, -0.1) is 0 Å². The highest BCUT2D eigenvalue weighted by molar-refractivity contribution is 5.91. The molecular formula is C21H32N4O. The predicted molar refractivity (Wildman–Crippen MR) is 110 cm³/mol. The molecule has 26 heavy (non-hydrogen) atoms. The van der Waals surface area contributed by atoms with Crippen molar-refractivity contribution < 1.29 is 4.74 Å². The molecule has 142 valence electrons. The molecule has 1 aromatic carbocycles. The number of hydrogen-bond donors (Lipinski definition) is 3. The van der Waals surface area contributed by atoms with Gasteiger partial charge in [0.15, 0.2) is 0 Å². The predicted octanol–water partition coefficient (Wildman–Crippen LogP) is 5.10. The molecule has 0 spiro atoms. The van der Waals surface area contributed by atoms with Gasteiger partial charge in [0.05, 0.1) is 24.1 Å². The number of nitrogens with one attached hydrogen (secondary N) is 2. The summed E-state index contributed by atoms with van der Waals surface area (Å²) in [7, 11) is 1.70. The van der Waals surface area contributed by atoms with Crippen molar-refractivity contribution in [1.82, 2.24) is 4.98 Å². The number of benzene rings is 1. The van der Waals surface area contributed by atoms with Crippen molar-refractivity contribution >= 4 is 22.4 Å². The third-order valence-electron chi connectivity index (χ3n) is 4.60. The minimum absolute atomic E-state index is 0.316. The van der Waals surface area contributed by atoms with Gasteiger partial charge < -0.3 is 15.8 Å². The number of fused-ring (bicyclic) bond motifs is 1. The molecule has 0 aliphatic heterocycles. The van der Waals surface area contributed by atoms with E-state index in [1.807, 2.05) is 24.4 Å². The van der Waals surface area contributed by atoms with E-state index in [1.165, 1.54) is 38.5 Å². The number of methoxy groups -OCH3 is 1. The van der Waals surface area contributed by atoms with E-state index in [4.69, 9.17) is 15.9 Å². The highest BCUT2D eigenvalue weighted by Crippen LogP contribution is 2.27. The van der Waals surface area contributed by atoms with Crippen molar-refractivity contribution in [2.75, 3.05) is 19.0 Å². The summed E-state index contributed by atoms with van der Waals surface area (Å²) >= 11 is 0. The molecule has 2 rings (SSSR count). The van der Waals surface area contributed by atoms with E-state index in [2.05, 4.69) is 16.4 Å². The molecule has 0 amide bonds. The fourth-order valence-electron chi connectivity index (χ4n) is 3.14. The monoisotopic (exact) mass is 356 g/mol. The smallest absolute Gasteiger partial charge is 0.121 e. The highest BCUT2D eigenvalue weighted by Gasteiger charge is 2.05. The van der Waals surface area contributed by atoms with Crippen molar-refractivity contribution in [3.05, 3.63) is 30.5 Å². The Morgan fingerprint density at radius 2 is 1.77 bits per heavy atom. The van der Waals surface area contributed by atoms with E-state index in [0.29, 0.717) is 5.84 Å². The lowest BCUT2D eigenvalue weighted by Gasteiger charge is -2.11. The molecule has 0 atom stereocenters. The molecule has 0 saturated carbocycles. The molecule has 4 N–H and O–H groups in total. The Balaban J connectivity index is 1.62. The maximum Gasteiger partial charge on any atom is 0.121 e. The fourth-order valence-corrected chi connectivity index (χ4v) is 3.14. The molecule has 2 aromatic rings. The van der Waals surface area contributed by atoms with Crippen molar-refractivity contribution in [3.8, 4) is 5.75 Å². The average Bonchev–Trinajstić information content (AvgIpc) is 2.65. The van der Waals surface area contributed by atoms with Gasteiger partial charge in [-0.1, -0.05) is 44.6 Å². The Hall–Kier alpha value is -2.30. The largest absolute Gasteiger partial charge is 0.497 e. The van der Waals surface area contributed by atoms with Gasteiger partial charge in [-0.25, -0.2) is 0 Å². The summed E-state index contributed by atoms with van der Waals surface area (Å²) in [4.78, 5) is 4.49. The number of nitrogens with zero attached hydrogens (tertiary/aromatic N) is 1. The van der Waals surface area contributed by atoms with Gasteiger partial charge in [-0.05, 0) is 25.0 Å². The van der Waals surface area contributed by atoms with Crippen molar-refractivity contribution in [2.24, 2.45) is 5.73 Å². The van der Waals surface area contributed by atoms with Gasteiger partial charge in [0, 0.05) is 30.6 Å². The van der Waals surface area contributed by atoms with E-state index in [0.717, 1.165) is 48.1 Å². The van der Waals surface area contributed by atoms with Crippen molar-refractivity contribution in [2.45, 2.75) is 57.8 Å². The first kappa shape index (κ1) is 20.0. The van der Waals surface area contributed by atoms with E-state index in [1.54, 1.807) is 7.11 Å². The van der Waals surface area contributed by atoms with Crippen LogP contribution < -0.4 is 15.8 Å². The SMILES string of the molecule is COc1cc(NCCCCCCCCCCC(=N)N)c2ncccc2c1. The number of nitrogens with two attached hydrogens (primary N) is 1. The van der Waals surface area contributed by atoms with Gasteiger partial charge in [-0.3, -0.25) is 10.4 Å². The second-order valence-electron chi connectivity index (χ2n) is 6.78. The number of unbranched alkanes of at least 4 members (excludes halogenated alkanes) is 7. The summed E-state index contributed by atoms with van der Waals surface area (Å²) in [5.41, 5.74) is 7.40. The van der Waals surface area contributed by atoms with Crippen LogP contribution in [0.25, 0.3) is 10.9 Å². The lowest BCUT2D eigenvalue weighted by Crippen LogP contribution is -2.08. The van der Waals surface area contributed by atoms with Gasteiger partial charge >= 0.3 is 0 Å².